The van der Waals surface area contributed by atoms with Crippen LogP contribution in [0.5, 0.6) is 0 Å². The van der Waals surface area contributed by atoms with Crippen molar-refractivity contribution in [2.24, 2.45) is 0 Å². The lowest BCUT2D eigenvalue weighted by Gasteiger charge is -2.11. The molecule has 0 spiro atoms. The third-order valence-corrected chi connectivity index (χ3v) is 3.79. The monoisotopic (exact) mass is 320 g/mol. The summed E-state index contributed by atoms with van der Waals surface area (Å²) in [7, 11) is 0. The summed E-state index contributed by atoms with van der Waals surface area (Å²) in [5, 5.41) is 3.24. The van der Waals surface area contributed by atoms with E-state index < -0.39 is 0 Å². The molecule has 0 aliphatic carbocycles. The predicted octanol–water partition coefficient (Wildman–Crippen LogP) is 3.60. The van der Waals surface area contributed by atoms with Crippen LogP contribution in [0.2, 0.25) is 0 Å². The molecule has 0 saturated heterocycles. The number of hydrogen-bond acceptors (Lipinski definition) is 4. The number of anilines is 1. The van der Waals surface area contributed by atoms with Crippen LogP contribution >= 0.6 is 15.9 Å². The maximum Gasteiger partial charge on any atom is 0.180 e. The Bertz CT molecular complexity index is 584. The molecule has 0 bridgehead atoms. The SMILES string of the molecule is CCNc1nc(-c2ncccc2CC)nc(C)c1Br. The van der Waals surface area contributed by atoms with Gasteiger partial charge in [0.05, 0.1) is 10.2 Å². The van der Waals surface area contributed by atoms with E-state index in [2.05, 4.69) is 49.2 Å². The Balaban J connectivity index is 2.56. The van der Waals surface area contributed by atoms with Crippen LogP contribution in [-0.4, -0.2) is 21.5 Å². The van der Waals surface area contributed by atoms with Gasteiger partial charge in [-0.1, -0.05) is 13.0 Å². The van der Waals surface area contributed by atoms with Gasteiger partial charge in [-0.15, -0.1) is 0 Å². The molecule has 0 atom stereocenters. The first-order chi connectivity index (χ1) is 9.17. The summed E-state index contributed by atoms with van der Waals surface area (Å²) in [6, 6.07) is 4.01. The Hall–Kier alpha value is -1.49. The molecule has 2 rings (SSSR count). The van der Waals surface area contributed by atoms with Gasteiger partial charge in [-0.3, -0.25) is 4.98 Å². The summed E-state index contributed by atoms with van der Waals surface area (Å²) in [4.78, 5) is 13.5. The Kier molecular flexibility index (Phi) is 4.47. The molecule has 0 saturated carbocycles. The molecule has 2 heterocycles. The van der Waals surface area contributed by atoms with Gasteiger partial charge in [0.25, 0.3) is 0 Å². The standard InChI is InChI=1S/C14H17BrN4/c1-4-10-7-6-8-17-12(10)14-18-9(3)11(15)13(19-14)16-5-2/h6-8H,4-5H2,1-3H3,(H,16,18,19). The van der Waals surface area contributed by atoms with Crippen LogP contribution in [-0.2, 0) is 6.42 Å². The minimum Gasteiger partial charge on any atom is -0.369 e. The van der Waals surface area contributed by atoms with Crippen molar-refractivity contribution >= 4 is 21.7 Å². The highest BCUT2D eigenvalue weighted by atomic mass is 79.9. The largest absolute Gasteiger partial charge is 0.369 e. The lowest BCUT2D eigenvalue weighted by Crippen LogP contribution is -2.06. The van der Waals surface area contributed by atoms with Crippen molar-refractivity contribution in [3.8, 4) is 11.5 Å². The molecule has 5 heteroatoms. The zero-order valence-corrected chi connectivity index (χ0v) is 13.0. The number of aryl methyl sites for hydroxylation is 2. The van der Waals surface area contributed by atoms with E-state index in [0.717, 1.165) is 40.2 Å². The lowest BCUT2D eigenvalue weighted by atomic mass is 10.1. The van der Waals surface area contributed by atoms with Gasteiger partial charge in [0.2, 0.25) is 0 Å². The molecule has 4 nitrogen and oxygen atoms in total. The molecule has 0 amide bonds. The minimum absolute atomic E-state index is 0.675. The molecule has 0 aliphatic rings. The van der Waals surface area contributed by atoms with Crippen LogP contribution in [0.15, 0.2) is 22.8 Å². The molecule has 0 radical (unpaired) electrons. The van der Waals surface area contributed by atoms with Crippen molar-refractivity contribution in [1.82, 2.24) is 15.0 Å². The Morgan fingerprint density at radius 1 is 1.26 bits per heavy atom. The van der Waals surface area contributed by atoms with Crippen LogP contribution in [0.25, 0.3) is 11.5 Å². The molecule has 19 heavy (non-hydrogen) atoms. The van der Waals surface area contributed by atoms with Crippen molar-refractivity contribution in [1.29, 1.82) is 0 Å². The average Bonchev–Trinajstić information content (AvgIpc) is 2.43. The predicted molar refractivity (Wildman–Crippen MR) is 81.2 cm³/mol. The second kappa shape index (κ2) is 6.10. The summed E-state index contributed by atoms with van der Waals surface area (Å²) < 4.78 is 0.909. The zero-order chi connectivity index (χ0) is 13.8. The zero-order valence-electron chi connectivity index (χ0n) is 11.4. The number of pyridine rings is 1. The topological polar surface area (TPSA) is 50.7 Å². The smallest absolute Gasteiger partial charge is 0.180 e. The second-order valence-electron chi connectivity index (χ2n) is 4.19. The molecule has 0 unspecified atom stereocenters. The fraction of sp³-hybridized carbons (Fsp3) is 0.357. The second-order valence-corrected chi connectivity index (χ2v) is 4.98. The van der Waals surface area contributed by atoms with E-state index in [0.29, 0.717) is 5.82 Å². The van der Waals surface area contributed by atoms with Crippen molar-refractivity contribution in [3.05, 3.63) is 34.1 Å². The van der Waals surface area contributed by atoms with Crippen molar-refractivity contribution in [3.63, 3.8) is 0 Å². The highest BCUT2D eigenvalue weighted by Gasteiger charge is 2.13. The Labute approximate surface area is 121 Å². The number of halogens is 1. The number of aromatic nitrogens is 3. The van der Waals surface area contributed by atoms with Crippen LogP contribution in [0.3, 0.4) is 0 Å². The first kappa shape index (κ1) is 13.9. The fourth-order valence-electron chi connectivity index (χ4n) is 1.87. The summed E-state index contributed by atoms with van der Waals surface area (Å²) >= 11 is 3.52. The van der Waals surface area contributed by atoms with Gasteiger partial charge >= 0.3 is 0 Å². The average molecular weight is 321 g/mol. The van der Waals surface area contributed by atoms with Crippen LogP contribution in [0.4, 0.5) is 5.82 Å². The molecule has 2 aromatic heterocycles. The fourth-order valence-corrected chi connectivity index (χ4v) is 2.19. The van der Waals surface area contributed by atoms with E-state index in [1.807, 2.05) is 19.9 Å². The Morgan fingerprint density at radius 3 is 2.74 bits per heavy atom. The third-order valence-electron chi connectivity index (χ3n) is 2.85. The molecule has 2 aromatic rings. The molecule has 0 fully saturated rings. The van der Waals surface area contributed by atoms with E-state index in [1.165, 1.54) is 0 Å². The minimum atomic E-state index is 0.675. The maximum atomic E-state index is 4.57. The van der Waals surface area contributed by atoms with Crippen molar-refractivity contribution in [2.45, 2.75) is 27.2 Å². The van der Waals surface area contributed by atoms with Crippen LogP contribution in [0, 0.1) is 6.92 Å². The number of nitrogens with one attached hydrogen (secondary N) is 1. The highest BCUT2D eigenvalue weighted by Crippen LogP contribution is 2.27. The molecule has 0 aliphatic heterocycles. The van der Waals surface area contributed by atoms with Crippen molar-refractivity contribution < 1.29 is 0 Å². The quantitative estimate of drug-likeness (QED) is 0.935. The lowest BCUT2D eigenvalue weighted by molar-refractivity contribution is 1.03. The third kappa shape index (κ3) is 2.92. The molecular weight excluding hydrogens is 304 g/mol. The van der Waals surface area contributed by atoms with Gasteiger partial charge in [-0.05, 0) is 47.8 Å². The van der Waals surface area contributed by atoms with Gasteiger partial charge in [0.1, 0.15) is 11.5 Å². The molecule has 100 valence electrons. The van der Waals surface area contributed by atoms with Crippen molar-refractivity contribution in [2.75, 3.05) is 11.9 Å². The van der Waals surface area contributed by atoms with Crippen LogP contribution in [0.1, 0.15) is 25.1 Å². The van der Waals surface area contributed by atoms with E-state index in [1.54, 1.807) is 6.20 Å². The summed E-state index contributed by atoms with van der Waals surface area (Å²) in [6.45, 7) is 6.93. The van der Waals surface area contributed by atoms with E-state index >= 15 is 0 Å². The molecular formula is C14H17BrN4. The van der Waals surface area contributed by atoms with Gasteiger partial charge in [0, 0.05) is 12.7 Å². The number of rotatable bonds is 4. The first-order valence-electron chi connectivity index (χ1n) is 6.39. The maximum absolute atomic E-state index is 4.57. The van der Waals surface area contributed by atoms with E-state index in [9.17, 15) is 0 Å². The first-order valence-corrected chi connectivity index (χ1v) is 7.18. The number of nitrogens with zero attached hydrogens (tertiary/aromatic N) is 3. The van der Waals surface area contributed by atoms with Gasteiger partial charge in [-0.2, -0.15) is 0 Å². The molecule has 1 N–H and O–H groups in total. The van der Waals surface area contributed by atoms with Gasteiger partial charge in [-0.25, -0.2) is 9.97 Å². The normalized spacial score (nSPS) is 10.5. The van der Waals surface area contributed by atoms with Crippen LogP contribution < -0.4 is 5.32 Å². The van der Waals surface area contributed by atoms with E-state index in [4.69, 9.17) is 0 Å². The summed E-state index contributed by atoms with van der Waals surface area (Å²) in [5.74, 6) is 1.49. The van der Waals surface area contributed by atoms with Gasteiger partial charge < -0.3 is 5.32 Å². The molecule has 0 aromatic carbocycles. The summed E-state index contributed by atoms with van der Waals surface area (Å²) in [5.41, 5.74) is 2.93. The van der Waals surface area contributed by atoms with Gasteiger partial charge in [0.15, 0.2) is 5.82 Å². The highest BCUT2D eigenvalue weighted by molar-refractivity contribution is 9.10. The Morgan fingerprint density at radius 2 is 2.05 bits per heavy atom. The van der Waals surface area contributed by atoms with E-state index in [-0.39, 0.29) is 0 Å². The number of hydrogen-bond donors (Lipinski definition) is 1. The summed E-state index contributed by atoms with van der Waals surface area (Å²) in [6.07, 6.45) is 2.69.